The molecule has 0 aliphatic carbocycles. The Morgan fingerprint density at radius 1 is 0.944 bits per heavy atom. The van der Waals surface area contributed by atoms with Crippen LogP contribution >= 0.6 is 23.2 Å². The third-order valence-electron chi connectivity index (χ3n) is 5.88. The predicted molar refractivity (Wildman–Crippen MR) is 146 cm³/mol. The number of nitrogens with zero attached hydrogens (tertiary/aromatic N) is 1. The largest absolute Gasteiger partial charge is 0.484 e. The fourth-order valence-corrected chi connectivity index (χ4v) is 4.16. The zero-order valence-corrected chi connectivity index (χ0v) is 22.2. The van der Waals surface area contributed by atoms with Crippen molar-refractivity contribution in [1.29, 1.82) is 0 Å². The summed E-state index contributed by atoms with van der Waals surface area (Å²) >= 11 is 12.4. The minimum Gasteiger partial charge on any atom is -0.484 e. The van der Waals surface area contributed by atoms with Crippen molar-refractivity contribution in [2.24, 2.45) is 0 Å². The molecule has 0 radical (unpaired) electrons. The third-order valence-corrected chi connectivity index (χ3v) is 6.62. The molecule has 190 valence electrons. The van der Waals surface area contributed by atoms with Gasteiger partial charge >= 0.3 is 0 Å². The van der Waals surface area contributed by atoms with Crippen LogP contribution in [0, 0.1) is 6.92 Å². The van der Waals surface area contributed by atoms with Crippen LogP contribution in [-0.2, 0) is 22.6 Å². The molecule has 0 fully saturated rings. The van der Waals surface area contributed by atoms with Crippen LogP contribution in [-0.4, -0.2) is 35.9 Å². The number of carbonyl (C=O) groups excluding carboxylic acids is 2. The van der Waals surface area contributed by atoms with Gasteiger partial charge in [-0.3, -0.25) is 9.59 Å². The lowest BCUT2D eigenvalue weighted by Crippen LogP contribution is -2.51. The van der Waals surface area contributed by atoms with Gasteiger partial charge < -0.3 is 15.0 Å². The normalized spacial score (nSPS) is 11.6. The van der Waals surface area contributed by atoms with Crippen molar-refractivity contribution < 1.29 is 14.3 Å². The highest BCUT2D eigenvalue weighted by Crippen LogP contribution is 2.24. The van der Waals surface area contributed by atoms with Gasteiger partial charge in [0.05, 0.1) is 10.0 Å². The number of halogens is 2. The molecule has 0 aromatic heterocycles. The van der Waals surface area contributed by atoms with Crippen LogP contribution in [0.1, 0.15) is 36.5 Å². The van der Waals surface area contributed by atoms with Crippen LogP contribution in [0.25, 0.3) is 0 Å². The topological polar surface area (TPSA) is 58.6 Å². The number of aryl methyl sites for hydroxylation is 1. The molecule has 0 bridgehead atoms. The van der Waals surface area contributed by atoms with Crippen molar-refractivity contribution in [3.63, 3.8) is 0 Å². The first-order valence-corrected chi connectivity index (χ1v) is 12.9. The van der Waals surface area contributed by atoms with Crippen LogP contribution in [0.5, 0.6) is 5.75 Å². The highest BCUT2D eigenvalue weighted by Gasteiger charge is 2.30. The van der Waals surface area contributed by atoms with Gasteiger partial charge in [-0.15, -0.1) is 0 Å². The number of unbranched alkanes of at least 4 members (excludes halogenated alkanes) is 1. The lowest BCUT2D eigenvalue weighted by Gasteiger charge is -2.31. The molecule has 0 aliphatic heterocycles. The quantitative estimate of drug-likeness (QED) is 0.284. The lowest BCUT2D eigenvalue weighted by atomic mass is 10.0. The third kappa shape index (κ3) is 8.00. The molecule has 0 aliphatic rings. The number of benzene rings is 3. The number of carbonyl (C=O) groups is 2. The van der Waals surface area contributed by atoms with Gasteiger partial charge in [-0.25, -0.2) is 0 Å². The maximum Gasteiger partial charge on any atom is 0.261 e. The Morgan fingerprint density at radius 3 is 2.36 bits per heavy atom. The van der Waals surface area contributed by atoms with E-state index in [1.807, 2.05) is 67.6 Å². The predicted octanol–water partition coefficient (Wildman–Crippen LogP) is 6.24. The monoisotopic (exact) mass is 526 g/mol. The van der Waals surface area contributed by atoms with E-state index in [1.165, 1.54) is 0 Å². The summed E-state index contributed by atoms with van der Waals surface area (Å²) in [6.45, 7) is 4.53. The number of amides is 2. The van der Waals surface area contributed by atoms with E-state index in [-0.39, 0.29) is 25.0 Å². The van der Waals surface area contributed by atoms with Crippen LogP contribution in [0.3, 0.4) is 0 Å². The van der Waals surface area contributed by atoms with Crippen molar-refractivity contribution in [2.45, 2.75) is 45.7 Å². The van der Waals surface area contributed by atoms with Crippen LogP contribution < -0.4 is 10.1 Å². The van der Waals surface area contributed by atoms with Gasteiger partial charge in [0, 0.05) is 19.5 Å². The van der Waals surface area contributed by atoms with Crippen molar-refractivity contribution in [3.8, 4) is 5.75 Å². The first-order chi connectivity index (χ1) is 17.4. The fraction of sp³-hybridized carbons (Fsp3) is 0.310. The molecular weight excluding hydrogens is 495 g/mol. The van der Waals surface area contributed by atoms with E-state index in [0.717, 1.165) is 29.5 Å². The zero-order chi connectivity index (χ0) is 25.9. The summed E-state index contributed by atoms with van der Waals surface area (Å²) < 4.78 is 5.87. The second-order valence-corrected chi connectivity index (χ2v) is 9.49. The minimum atomic E-state index is -0.730. The van der Waals surface area contributed by atoms with Crippen LogP contribution in [0.15, 0.2) is 72.8 Å². The molecular formula is C29H32Cl2N2O3. The van der Waals surface area contributed by atoms with Crippen molar-refractivity contribution >= 4 is 35.0 Å². The summed E-state index contributed by atoms with van der Waals surface area (Å²) in [5.74, 6) is 0.139. The van der Waals surface area contributed by atoms with Gasteiger partial charge in [-0.1, -0.05) is 91.1 Å². The van der Waals surface area contributed by atoms with Gasteiger partial charge in [0.25, 0.3) is 5.91 Å². The molecule has 1 unspecified atom stereocenters. The van der Waals surface area contributed by atoms with Crippen molar-refractivity contribution in [3.05, 3.63) is 99.5 Å². The highest BCUT2D eigenvalue weighted by atomic mass is 35.5. The summed E-state index contributed by atoms with van der Waals surface area (Å²) in [6.07, 6.45) is 2.19. The first-order valence-electron chi connectivity index (χ1n) is 12.1. The zero-order valence-electron chi connectivity index (χ0n) is 20.7. The summed E-state index contributed by atoms with van der Waals surface area (Å²) in [6, 6.07) is 21.7. The number of para-hydroxylation sites is 1. The van der Waals surface area contributed by atoms with E-state index in [2.05, 4.69) is 12.2 Å². The Hall–Kier alpha value is -3.02. The highest BCUT2D eigenvalue weighted by molar-refractivity contribution is 6.42. The molecule has 2 amide bonds. The Morgan fingerprint density at radius 2 is 1.67 bits per heavy atom. The molecule has 0 saturated heterocycles. The van der Waals surface area contributed by atoms with Gasteiger partial charge in [-0.05, 0) is 48.2 Å². The summed E-state index contributed by atoms with van der Waals surface area (Å²) in [7, 11) is 0. The lowest BCUT2D eigenvalue weighted by molar-refractivity contribution is -0.142. The Bertz CT molecular complexity index is 1150. The second kappa shape index (κ2) is 13.9. The van der Waals surface area contributed by atoms with Gasteiger partial charge in [0.15, 0.2) is 6.61 Å². The molecule has 36 heavy (non-hydrogen) atoms. The maximum absolute atomic E-state index is 13.6. The van der Waals surface area contributed by atoms with Crippen molar-refractivity contribution in [2.75, 3.05) is 13.2 Å². The number of nitrogens with one attached hydrogen (secondary N) is 1. The molecule has 7 heteroatoms. The molecule has 1 N–H and O–H groups in total. The Labute approximate surface area is 223 Å². The molecule has 5 nitrogen and oxygen atoms in total. The molecule has 3 aromatic carbocycles. The second-order valence-electron chi connectivity index (χ2n) is 8.67. The molecule has 3 aromatic rings. The van der Waals surface area contributed by atoms with Crippen LogP contribution in [0.2, 0.25) is 10.0 Å². The van der Waals surface area contributed by atoms with E-state index in [1.54, 1.807) is 17.0 Å². The molecule has 1 atom stereocenters. The maximum atomic E-state index is 13.6. The average molecular weight is 527 g/mol. The van der Waals surface area contributed by atoms with Crippen molar-refractivity contribution in [1.82, 2.24) is 10.2 Å². The minimum absolute atomic E-state index is 0.186. The SMILES string of the molecule is CCCCNC(=O)C(Cc1ccccc1)N(Cc1ccc(Cl)c(Cl)c1)C(=O)COc1ccccc1C. The van der Waals surface area contributed by atoms with Crippen LogP contribution in [0.4, 0.5) is 0 Å². The summed E-state index contributed by atoms with van der Waals surface area (Å²) in [5, 5.41) is 3.83. The molecule has 0 heterocycles. The average Bonchev–Trinajstić information content (AvgIpc) is 2.88. The molecule has 0 saturated carbocycles. The number of hydrogen-bond acceptors (Lipinski definition) is 3. The van der Waals surface area contributed by atoms with E-state index in [4.69, 9.17) is 27.9 Å². The Kier molecular flexibility index (Phi) is 10.6. The van der Waals surface area contributed by atoms with Gasteiger partial charge in [0.2, 0.25) is 5.91 Å². The summed E-state index contributed by atoms with van der Waals surface area (Å²) in [4.78, 5) is 28.6. The molecule has 0 spiro atoms. The number of ether oxygens (including phenoxy) is 1. The smallest absolute Gasteiger partial charge is 0.261 e. The fourth-order valence-electron chi connectivity index (χ4n) is 3.84. The molecule has 3 rings (SSSR count). The Balaban J connectivity index is 1.91. The van der Waals surface area contributed by atoms with Gasteiger partial charge in [-0.2, -0.15) is 0 Å². The van der Waals surface area contributed by atoms with Gasteiger partial charge in [0.1, 0.15) is 11.8 Å². The van der Waals surface area contributed by atoms with E-state index in [9.17, 15) is 9.59 Å². The number of hydrogen-bond donors (Lipinski definition) is 1. The number of rotatable bonds is 12. The first kappa shape index (κ1) is 27.6. The standard InChI is InChI=1S/C29H32Cl2N2O3/c1-3-4-16-32-29(35)26(18-22-11-6-5-7-12-22)33(19-23-14-15-24(30)25(31)17-23)28(34)20-36-27-13-9-8-10-21(27)2/h5-15,17,26H,3-4,16,18-20H2,1-2H3,(H,32,35). The van der Waals surface area contributed by atoms with E-state index < -0.39 is 6.04 Å². The van der Waals surface area contributed by atoms with E-state index >= 15 is 0 Å². The van der Waals surface area contributed by atoms with E-state index in [0.29, 0.717) is 28.8 Å². The summed E-state index contributed by atoms with van der Waals surface area (Å²) in [5.41, 5.74) is 2.66.